The Bertz CT molecular complexity index is 131. The lowest BCUT2D eigenvalue weighted by molar-refractivity contribution is 0.412. The zero-order chi connectivity index (χ0) is 9.40. The van der Waals surface area contributed by atoms with E-state index in [4.69, 9.17) is 5.73 Å². The van der Waals surface area contributed by atoms with Crippen molar-refractivity contribution in [2.75, 3.05) is 33.7 Å². The molecular weight excluding hydrogens is 152 g/mol. The molecule has 0 radical (unpaired) electrons. The first-order chi connectivity index (χ1) is 5.66. The second kappa shape index (κ2) is 6.91. The predicted octanol–water partition coefficient (Wildman–Crippen LogP) is -0.138. The molecule has 0 unspecified atom stereocenters. The minimum absolute atomic E-state index is 0.554. The summed E-state index contributed by atoms with van der Waals surface area (Å²) in [4.78, 5) is 6.20. The zero-order valence-corrected chi connectivity index (χ0v) is 8.30. The number of hydrogen-bond donors (Lipinski definition) is 2. The quantitative estimate of drug-likeness (QED) is 0.448. The summed E-state index contributed by atoms with van der Waals surface area (Å²) in [6, 6.07) is 0. The van der Waals surface area contributed by atoms with Crippen molar-refractivity contribution in [1.29, 1.82) is 0 Å². The van der Waals surface area contributed by atoms with Crippen molar-refractivity contribution in [3.8, 4) is 0 Å². The van der Waals surface area contributed by atoms with E-state index in [0.717, 1.165) is 26.1 Å². The van der Waals surface area contributed by atoms with Crippen LogP contribution in [0.2, 0.25) is 0 Å². The molecule has 0 bridgehead atoms. The van der Waals surface area contributed by atoms with Crippen LogP contribution in [0.15, 0.2) is 4.99 Å². The maximum absolute atomic E-state index is 5.57. The number of nitrogens with two attached hydrogens (primary N) is 1. The highest BCUT2D eigenvalue weighted by atomic mass is 15.1. The lowest BCUT2D eigenvalue weighted by atomic mass is 10.5. The molecule has 0 aliphatic rings. The van der Waals surface area contributed by atoms with Gasteiger partial charge < -0.3 is 16.0 Å². The first kappa shape index (κ1) is 11.2. The molecule has 0 aliphatic carbocycles. The molecule has 0 aromatic carbocycles. The summed E-state index contributed by atoms with van der Waals surface area (Å²) >= 11 is 0. The van der Waals surface area contributed by atoms with Crippen LogP contribution >= 0.6 is 0 Å². The molecular formula is C8H20N4. The maximum atomic E-state index is 5.57. The van der Waals surface area contributed by atoms with E-state index in [1.165, 1.54) is 0 Å². The lowest BCUT2D eigenvalue weighted by Gasteiger charge is -2.10. The number of rotatable bonds is 5. The molecule has 0 amide bonds. The highest BCUT2D eigenvalue weighted by Crippen LogP contribution is 1.76. The van der Waals surface area contributed by atoms with Gasteiger partial charge in [-0.15, -0.1) is 0 Å². The van der Waals surface area contributed by atoms with E-state index in [1.807, 2.05) is 14.1 Å². The molecule has 4 nitrogen and oxygen atoms in total. The van der Waals surface area contributed by atoms with Crippen LogP contribution in [0.4, 0.5) is 0 Å². The third-order valence-electron chi connectivity index (χ3n) is 1.37. The van der Waals surface area contributed by atoms with Gasteiger partial charge in [-0.25, -0.2) is 0 Å². The normalized spacial score (nSPS) is 12.2. The van der Waals surface area contributed by atoms with E-state index in [9.17, 15) is 0 Å². The molecule has 0 aromatic heterocycles. The van der Waals surface area contributed by atoms with Gasteiger partial charge in [0.2, 0.25) is 0 Å². The van der Waals surface area contributed by atoms with Crippen LogP contribution in [-0.4, -0.2) is 44.6 Å². The summed E-state index contributed by atoms with van der Waals surface area (Å²) in [6.07, 6.45) is 1.04. The molecule has 0 fully saturated rings. The van der Waals surface area contributed by atoms with Crippen molar-refractivity contribution < 1.29 is 0 Å². The first-order valence-corrected chi connectivity index (χ1v) is 4.35. The molecule has 0 heterocycles. The molecule has 0 aliphatic heterocycles. The average Bonchev–Trinajstić information content (AvgIpc) is 2.00. The van der Waals surface area contributed by atoms with Gasteiger partial charge >= 0.3 is 0 Å². The van der Waals surface area contributed by atoms with Gasteiger partial charge in [0.1, 0.15) is 0 Å². The Morgan fingerprint density at radius 2 is 2.17 bits per heavy atom. The van der Waals surface area contributed by atoms with Crippen molar-refractivity contribution in [3.05, 3.63) is 0 Å². The number of aliphatic imine (C=N–C) groups is 1. The Hall–Kier alpha value is -0.770. The topological polar surface area (TPSA) is 53.6 Å². The molecule has 3 N–H and O–H groups in total. The van der Waals surface area contributed by atoms with Gasteiger partial charge in [-0.2, -0.15) is 0 Å². The first-order valence-electron chi connectivity index (χ1n) is 4.35. The number of likely N-dealkylation sites (N-methyl/N-ethyl adjacent to an activating group) is 1. The van der Waals surface area contributed by atoms with Gasteiger partial charge in [0.15, 0.2) is 5.96 Å². The van der Waals surface area contributed by atoms with E-state index in [1.54, 1.807) is 0 Å². The maximum Gasteiger partial charge on any atom is 0.188 e. The SMILES string of the molecule is CCC/N=C(\N)NCCN(C)C. The molecule has 0 saturated carbocycles. The Labute approximate surface area is 74.8 Å². The Kier molecular flexibility index (Phi) is 6.47. The van der Waals surface area contributed by atoms with E-state index in [-0.39, 0.29) is 0 Å². The minimum Gasteiger partial charge on any atom is -0.370 e. The second-order valence-corrected chi connectivity index (χ2v) is 3.00. The predicted molar refractivity (Wildman–Crippen MR) is 53.3 cm³/mol. The third kappa shape index (κ3) is 7.34. The summed E-state index contributed by atoms with van der Waals surface area (Å²) in [5, 5.41) is 3.03. The molecule has 0 spiro atoms. The summed E-state index contributed by atoms with van der Waals surface area (Å²) < 4.78 is 0. The van der Waals surface area contributed by atoms with Crippen molar-refractivity contribution in [1.82, 2.24) is 10.2 Å². The van der Waals surface area contributed by atoms with E-state index in [0.29, 0.717) is 5.96 Å². The minimum atomic E-state index is 0.554. The van der Waals surface area contributed by atoms with Crippen LogP contribution in [0, 0.1) is 0 Å². The fourth-order valence-corrected chi connectivity index (χ4v) is 0.696. The van der Waals surface area contributed by atoms with Crippen LogP contribution < -0.4 is 11.1 Å². The molecule has 72 valence electrons. The highest BCUT2D eigenvalue weighted by Gasteiger charge is 1.91. The van der Waals surface area contributed by atoms with Gasteiger partial charge in [0, 0.05) is 19.6 Å². The number of nitrogens with one attached hydrogen (secondary N) is 1. The van der Waals surface area contributed by atoms with E-state index in [2.05, 4.69) is 22.1 Å². The van der Waals surface area contributed by atoms with E-state index < -0.39 is 0 Å². The van der Waals surface area contributed by atoms with Gasteiger partial charge in [0.25, 0.3) is 0 Å². The van der Waals surface area contributed by atoms with Crippen LogP contribution in [-0.2, 0) is 0 Å². The smallest absolute Gasteiger partial charge is 0.188 e. The largest absolute Gasteiger partial charge is 0.370 e. The highest BCUT2D eigenvalue weighted by molar-refractivity contribution is 5.77. The Morgan fingerprint density at radius 3 is 2.67 bits per heavy atom. The van der Waals surface area contributed by atoms with Crippen molar-refractivity contribution >= 4 is 5.96 Å². The second-order valence-electron chi connectivity index (χ2n) is 3.00. The van der Waals surface area contributed by atoms with Crippen LogP contribution in [0.1, 0.15) is 13.3 Å². The Balaban J connectivity index is 3.36. The fourth-order valence-electron chi connectivity index (χ4n) is 0.696. The van der Waals surface area contributed by atoms with Crippen molar-refractivity contribution in [2.45, 2.75) is 13.3 Å². The molecule has 0 rings (SSSR count). The van der Waals surface area contributed by atoms with Gasteiger partial charge in [-0.1, -0.05) is 6.92 Å². The summed E-state index contributed by atoms with van der Waals surface area (Å²) in [5.74, 6) is 0.554. The van der Waals surface area contributed by atoms with Crippen LogP contribution in [0.5, 0.6) is 0 Å². The summed E-state index contributed by atoms with van der Waals surface area (Å²) in [7, 11) is 4.06. The van der Waals surface area contributed by atoms with Gasteiger partial charge in [-0.3, -0.25) is 4.99 Å². The number of hydrogen-bond acceptors (Lipinski definition) is 2. The van der Waals surface area contributed by atoms with Crippen molar-refractivity contribution in [3.63, 3.8) is 0 Å². The van der Waals surface area contributed by atoms with Gasteiger partial charge in [-0.05, 0) is 20.5 Å². The molecule has 0 saturated heterocycles. The monoisotopic (exact) mass is 172 g/mol. The van der Waals surface area contributed by atoms with Crippen LogP contribution in [0.3, 0.4) is 0 Å². The summed E-state index contributed by atoms with van der Waals surface area (Å²) in [6.45, 7) is 4.71. The van der Waals surface area contributed by atoms with E-state index >= 15 is 0 Å². The molecule has 0 aromatic rings. The lowest BCUT2D eigenvalue weighted by Crippen LogP contribution is -2.36. The Morgan fingerprint density at radius 1 is 1.50 bits per heavy atom. The molecule has 0 atom stereocenters. The average molecular weight is 172 g/mol. The summed E-state index contributed by atoms with van der Waals surface area (Å²) in [5.41, 5.74) is 5.57. The molecule has 4 heteroatoms. The van der Waals surface area contributed by atoms with Crippen LogP contribution in [0.25, 0.3) is 0 Å². The number of nitrogens with zero attached hydrogens (tertiary/aromatic N) is 2. The van der Waals surface area contributed by atoms with Crippen molar-refractivity contribution in [2.24, 2.45) is 10.7 Å². The van der Waals surface area contributed by atoms with Gasteiger partial charge in [0.05, 0.1) is 0 Å². The third-order valence-corrected chi connectivity index (χ3v) is 1.37. The fraction of sp³-hybridized carbons (Fsp3) is 0.875. The zero-order valence-electron chi connectivity index (χ0n) is 8.30. The number of guanidine groups is 1. The molecule has 12 heavy (non-hydrogen) atoms. The standard InChI is InChI=1S/C8H20N4/c1-4-5-10-8(9)11-6-7-12(2)3/h4-7H2,1-3H3,(H3,9,10,11).